The fraction of sp³-hybridized carbons (Fsp3) is 0.750. The summed E-state index contributed by atoms with van der Waals surface area (Å²) in [5, 5.41) is 63.9. The van der Waals surface area contributed by atoms with Gasteiger partial charge in [-0.15, -0.1) is 0 Å². The maximum atomic E-state index is 12.6. The number of hydrogen-bond acceptors (Lipinski definition) is 13. The molecule has 0 aromatic rings. The summed E-state index contributed by atoms with van der Waals surface area (Å²) in [6.07, 6.45) is -6.12. The highest BCUT2D eigenvalue weighted by atomic mass is 32.2. The van der Waals surface area contributed by atoms with E-state index in [1.165, 1.54) is 18.8 Å². The number of rotatable bonds is 17. The summed E-state index contributed by atoms with van der Waals surface area (Å²) >= 11 is 1.19. The lowest BCUT2D eigenvalue weighted by molar-refractivity contribution is -0.191. The summed E-state index contributed by atoms with van der Waals surface area (Å²) in [4.78, 5) is 64.8. The third-order valence-electron chi connectivity index (χ3n) is 4.95. The Morgan fingerprint density at radius 1 is 0.972 bits per heavy atom. The molecule has 0 bridgehead atoms. The number of likely N-dealkylation sites (N-methyl/N-ethyl adjacent to an activating group) is 1. The Hall–Kier alpha value is -2.43. The van der Waals surface area contributed by atoms with Gasteiger partial charge in [-0.05, 0) is 20.2 Å². The van der Waals surface area contributed by atoms with E-state index in [0.29, 0.717) is 0 Å². The number of aliphatic hydroxyl groups is 5. The van der Waals surface area contributed by atoms with Crippen LogP contribution in [0.4, 0.5) is 0 Å². The van der Waals surface area contributed by atoms with Crippen molar-refractivity contribution in [1.29, 1.82) is 0 Å². The first-order valence-corrected chi connectivity index (χ1v) is 12.0. The Kier molecular flexibility index (Phi) is 19.6. The molecule has 0 aliphatic heterocycles. The van der Waals surface area contributed by atoms with E-state index in [1.807, 2.05) is 0 Å². The van der Waals surface area contributed by atoms with Gasteiger partial charge in [-0.3, -0.25) is 14.4 Å². The number of Topliss-reactive ketones (excluding diaryl/α,β-unsaturated/α-hetero) is 1. The highest BCUT2D eigenvalue weighted by Crippen LogP contribution is 2.13. The molecule has 2 amide bonds. The Labute approximate surface area is 211 Å². The third-order valence-corrected chi connectivity index (χ3v) is 5.61. The molecule has 0 aliphatic carbocycles. The first-order chi connectivity index (χ1) is 16.8. The van der Waals surface area contributed by atoms with Crippen molar-refractivity contribution in [3.8, 4) is 0 Å². The number of thioether (sulfide) groups is 1. The number of carboxylic acid groups (broad SMARTS) is 1. The van der Waals surface area contributed by atoms with Gasteiger partial charge < -0.3 is 46.6 Å². The van der Waals surface area contributed by atoms with Crippen molar-refractivity contribution in [2.24, 2.45) is 5.92 Å². The van der Waals surface area contributed by atoms with Crippen LogP contribution in [0.3, 0.4) is 0 Å². The molecular weight excluding hydrogens is 506 g/mol. The second-order valence-corrected chi connectivity index (χ2v) is 8.53. The van der Waals surface area contributed by atoms with Crippen molar-refractivity contribution in [3.05, 3.63) is 0 Å². The molecule has 0 saturated carbocycles. The quantitative estimate of drug-likeness (QED) is 0.0840. The van der Waals surface area contributed by atoms with Gasteiger partial charge in [-0.2, -0.15) is 21.4 Å². The molecule has 0 saturated heterocycles. The van der Waals surface area contributed by atoms with Gasteiger partial charge in [-0.1, -0.05) is 0 Å². The number of carboxylic acids is 1. The summed E-state index contributed by atoms with van der Waals surface area (Å²) < 4.78 is 0. The number of amides is 2. The van der Waals surface area contributed by atoms with Gasteiger partial charge in [0.15, 0.2) is 0 Å². The van der Waals surface area contributed by atoms with E-state index in [-0.39, 0.29) is 24.1 Å². The van der Waals surface area contributed by atoms with Gasteiger partial charge in [0.2, 0.25) is 11.8 Å². The zero-order valence-electron chi connectivity index (χ0n) is 20.1. The lowest BCUT2D eigenvalue weighted by atomic mass is 9.94. The molecule has 9 N–H and O–H groups in total. The van der Waals surface area contributed by atoms with Crippen molar-refractivity contribution < 1.29 is 59.4 Å². The van der Waals surface area contributed by atoms with Crippen LogP contribution in [0.25, 0.3) is 0 Å². The minimum absolute atomic E-state index is 0.0763. The summed E-state index contributed by atoms with van der Waals surface area (Å²) in [5.74, 6) is -4.34. The normalized spacial score (nSPS) is 16.4. The summed E-state index contributed by atoms with van der Waals surface area (Å²) in [7, 11) is 1.54. The first-order valence-electron chi connectivity index (χ1n) is 10.6. The molecule has 16 heteroatoms. The molecule has 0 fully saturated rings. The molecular formula is C20H35N3O12S. The van der Waals surface area contributed by atoms with Crippen molar-refractivity contribution in [2.75, 3.05) is 32.2 Å². The molecule has 208 valence electrons. The van der Waals surface area contributed by atoms with E-state index in [4.69, 9.17) is 14.7 Å². The lowest BCUT2D eigenvalue weighted by Gasteiger charge is -2.26. The maximum absolute atomic E-state index is 12.6. The molecule has 15 nitrogen and oxygen atoms in total. The number of nitrogens with one attached hydrogen (secondary N) is 3. The fourth-order valence-electron chi connectivity index (χ4n) is 2.67. The number of ketones is 1. The van der Waals surface area contributed by atoms with E-state index >= 15 is 0 Å². The summed E-state index contributed by atoms with van der Waals surface area (Å²) in [6, 6.07) is -1.83. The number of carbonyl (C=O) groups excluding carboxylic acids is 5. The minimum atomic E-state index is -1.88. The number of aliphatic hydroxyl groups excluding tert-OH is 5. The van der Waals surface area contributed by atoms with E-state index < -0.39 is 79.8 Å². The monoisotopic (exact) mass is 541 g/mol. The lowest BCUT2D eigenvalue weighted by Crippen LogP contribution is -2.50. The number of hydrogen-bond donors (Lipinski definition) is 9. The van der Waals surface area contributed by atoms with E-state index in [9.17, 15) is 44.7 Å². The highest BCUT2D eigenvalue weighted by Gasteiger charge is 2.32. The standard InChI is InChI=1S/C19H35N3O10S.CO2/c1-9(20-2)12(24)4-10(18(30)22-11(8-33-3)19(31)32)5-15(27)21-6-13(25)16(28)17(29)14(26)7-23;2-1-3/h9-11,13-14,16-17,20,23,25-26,28-29H,4-8H2,1-3H3,(H,21,27)(H,22,30)(H,31,32);/t9-,10-,11-,13-,14+,16+,17+;/m0./s1. The molecule has 0 unspecified atom stereocenters. The van der Waals surface area contributed by atoms with Crippen LogP contribution in [-0.4, -0.2) is 129 Å². The van der Waals surface area contributed by atoms with Crippen molar-refractivity contribution >= 4 is 41.5 Å². The third kappa shape index (κ3) is 14.2. The van der Waals surface area contributed by atoms with Gasteiger partial charge in [-0.25, -0.2) is 4.79 Å². The average molecular weight is 542 g/mol. The van der Waals surface area contributed by atoms with Crippen LogP contribution in [0.15, 0.2) is 0 Å². The van der Waals surface area contributed by atoms with Crippen LogP contribution in [0.1, 0.15) is 19.8 Å². The largest absolute Gasteiger partial charge is 0.480 e. The predicted molar refractivity (Wildman–Crippen MR) is 123 cm³/mol. The van der Waals surface area contributed by atoms with Crippen LogP contribution < -0.4 is 16.0 Å². The van der Waals surface area contributed by atoms with Crippen LogP contribution in [-0.2, 0) is 28.8 Å². The maximum Gasteiger partial charge on any atom is 0.373 e. The van der Waals surface area contributed by atoms with Gasteiger partial charge in [0, 0.05) is 25.1 Å². The molecule has 0 heterocycles. The zero-order chi connectivity index (χ0) is 28.4. The van der Waals surface area contributed by atoms with E-state index in [1.54, 1.807) is 13.2 Å². The molecule has 0 aromatic carbocycles. The number of aliphatic carboxylic acids is 1. The Bertz CT molecular complexity index is 735. The van der Waals surface area contributed by atoms with Gasteiger partial charge in [0.05, 0.1) is 24.7 Å². The predicted octanol–water partition coefficient (Wildman–Crippen LogP) is -4.54. The Balaban J connectivity index is 0. The molecule has 0 radical (unpaired) electrons. The van der Waals surface area contributed by atoms with Crippen molar-refractivity contribution in [3.63, 3.8) is 0 Å². The van der Waals surface area contributed by atoms with E-state index in [0.717, 1.165) is 0 Å². The first kappa shape index (κ1) is 35.7. The van der Waals surface area contributed by atoms with Crippen molar-refractivity contribution in [2.45, 2.75) is 56.3 Å². The molecule has 0 rings (SSSR count). The Morgan fingerprint density at radius 2 is 1.50 bits per heavy atom. The molecule has 0 aliphatic rings. The zero-order valence-corrected chi connectivity index (χ0v) is 20.9. The second kappa shape index (κ2) is 19.7. The smallest absolute Gasteiger partial charge is 0.373 e. The van der Waals surface area contributed by atoms with Crippen LogP contribution in [0.5, 0.6) is 0 Å². The topological polar surface area (TPSA) is 260 Å². The minimum Gasteiger partial charge on any atom is -0.480 e. The Morgan fingerprint density at radius 3 is 1.94 bits per heavy atom. The highest BCUT2D eigenvalue weighted by molar-refractivity contribution is 7.98. The fourth-order valence-corrected chi connectivity index (χ4v) is 3.23. The van der Waals surface area contributed by atoms with Gasteiger partial charge in [0.1, 0.15) is 30.1 Å². The molecule has 36 heavy (non-hydrogen) atoms. The van der Waals surface area contributed by atoms with Crippen LogP contribution in [0, 0.1) is 5.92 Å². The average Bonchev–Trinajstić information content (AvgIpc) is 2.84. The van der Waals surface area contributed by atoms with Crippen LogP contribution in [0.2, 0.25) is 0 Å². The molecule has 7 atom stereocenters. The number of carbonyl (C=O) groups is 4. The van der Waals surface area contributed by atoms with Crippen molar-refractivity contribution in [1.82, 2.24) is 16.0 Å². The molecule has 0 aromatic heterocycles. The summed E-state index contributed by atoms with van der Waals surface area (Å²) in [6.45, 7) is 0.144. The van der Waals surface area contributed by atoms with Crippen LogP contribution >= 0.6 is 11.8 Å². The van der Waals surface area contributed by atoms with Gasteiger partial charge in [0.25, 0.3) is 0 Å². The summed E-state index contributed by atoms with van der Waals surface area (Å²) in [5.41, 5.74) is 0. The second-order valence-electron chi connectivity index (χ2n) is 7.62. The van der Waals surface area contributed by atoms with Gasteiger partial charge >= 0.3 is 12.1 Å². The van der Waals surface area contributed by atoms with E-state index in [2.05, 4.69) is 16.0 Å². The SMILES string of the molecule is CN[C@@H](C)C(=O)C[C@@H](CC(=O)NC[C@H](O)[C@@H](O)[C@H](O)[C@H](O)CO)C(=O)N[C@@H](CSC)C(=O)O.O=C=O. The molecule has 0 spiro atoms.